The molecule has 0 unspecified atom stereocenters. The number of unbranched alkanes of at least 4 members (excludes halogenated alkanes) is 7. The number of nitrogens with one attached hydrogen (secondary N) is 1. The lowest BCUT2D eigenvalue weighted by Crippen LogP contribution is -2.20. The van der Waals surface area contributed by atoms with Crippen LogP contribution in [-0.4, -0.2) is 30.9 Å². The Morgan fingerprint density at radius 1 is 0.933 bits per heavy atom. The van der Waals surface area contributed by atoms with Crippen LogP contribution >= 0.6 is 0 Å². The van der Waals surface area contributed by atoms with Crippen LogP contribution in [0.1, 0.15) is 83.8 Å². The first-order valence-electron chi connectivity index (χ1n) is 11.4. The van der Waals surface area contributed by atoms with Crippen molar-refractivity contribution in [3.05, 3.63) is 29.5 Å². The molecule has 0 spiro atoms. The third-order valence-corrected chi connectivity index (χ3v) is 5.15. The summed E-state index contributed by atoms with van der Waals surface area (Å²) in [6, 6.07) is 3.57. The summed E-state index contributed by atoms with van der Waals surface area (Å²) in [5, 5.41) is 13.7. The number of esters is 1. The maximum Gasteiger partial charge on any atom is 0.338 e. The van der Waals surface area contributed by atoms with Gasteiger partial charge in [0.15, 0.2) is 11.5 Å². The monoisotopic (exact) mass is 419 g/mol. The largest absolute Gasteiger partial charge is 0.490 e. The molecule has 0 bridgehead atoms. The Labute approximate surface area is 180 Å². The number of ether oxygens (including phenoxy) is 3. The summed E-state index contributed by atoms with van der Waals surface area (Å²) in [4.78, 5) is 12.1. The van der Waals surface area contributed by atoms with E-state index in [1.807, 2.05) is 13.0 Å². The smallest absolute Gasteiger partial charge is 0.338 e. The fourth-order valence-corrected chi connectivity index (χ4v) is 3.51. The molecular formula is C24H37NO5. The van der Waals surface area contributed by atoms with E-state index in [-0.39, 0.29) is 12.2 Å². The zero-order valence-corrected chi connectivity index (χ0v) is 18.7. The van der Waals surface area contributed by atoms with E-state index < -0.39 is 12.1 Å². The van der Waals surface area contributed by atoms with Gasteiger partial charge in [-0.3, -0.25) is 0 Å². The molecular weight excluding hydrogens is 382 g/mol. The Morgan fingerprint density at radius 2 is 1.60 bits per heavy atom. The molecule has 1 heterocycles. The zero-order valence-electron chi connectivity index (χ0n) is 18.7. The van der Waals surface area contributed by atoms with E-state index in [0.717, 1.165) is 12.8 Å². The number of hydrogen-bond donors (Lipinski definition) is 2. The zero-order chi connectivity index (χ0) is 21.8. The van der Waals surface area contributed by atoms with Crippen LogP contribution in [0.2, 0.25) is 0 Å². The van der Waals surface area contributed by atoms with Crippen molar-refractivity contribution in [2.75, 3.05) is 25.1 Å². The van der Waals surface area contributed by atoms with Gasteiger partial charge in [-0.15, -0.1) is 0 Å². The molecule has 1 aliphatic heterocycles. The lowest BCUT2D eigenvalue weighted by molar-refractivity contribution is -0.139. The van der Waals surface area contributed by atoms with E-state index in [4.69, 9.17) is 14.2 Å². The fraction of sp³-hybridized carbons (Fsp3) is 0.625. The fourth-order valence-electron chi connectivity index (χ4n) is 3.51. The van der Waals surface area contributed by atoms with Gasteiger partial charge in [-0.1, -0.05) is 51.9 Å². The van der Waals surface area contributed by atoms with Gasteiger partial charge in [0, 0.05) is 23.5 Å². The minimum absolute atomic E-state index is 0.183. The second-order valence-electron chi connectivity index (χ2n) is 7.51. The number of aliphatic hydroxyl groups is 1. The van der Waals surface area contributed by atoms with Gasteiger partial charge in [-0.2, -0.15) is 0 Å². The van der Waals surface area contributed by atoms with Gasteiger partial charge in [0.2, 0.25) is 0 Å². The highest BCUT2D eigenvalue weighted by molar-refractivity contribution is 5.92. The summed E-state index contributed by atoms with van der Waals surface area (Å²) in [6.07, 6.45) is 10.3. The van der Waals surface area contributed by atoms with Crippen LogP contribution in [0.4, 0.5) is 5.69 Å². The lowest BCUT2D eigenvalue weighted by Gasteiger charge is -2.24. The highest BCUT2D eigenvalue weighted by Crippen LogP contribution is 2.41. The normalized spacial score (nSPS) is 15.1. The first kappa shape index (κ1) is 24.1. The van der Waals surface area contributed by atoms with E-state index in [1.165, 1.54) is 44.7 Å². The van der Waals surface area contributed by atoms with Crippen molar-refractivity contribution in [2.45, 2.75) is 78.2 Å². The standard InChI is InChI=1S/C24H37NO5/c1-4-7-8-9-10-11-12-13-14-30-21-15-18-20(16-22(21)28-5-2)25-17-19(23(18)26)24(27)29-6-3/h15-17,23,25-26H,4-14H2,1-3H3/t23-/m0/s1. The van der Waals surface area contributed by atoms with Crippen molar-refractivity contribution >= 4 is 11.7 Å². The van der Waals surface area contributed by atoms with Crippen molar-refractivity contribution in [3.63, 3.8) is 0 Å². The maximum atomic E-state index is 12.1. The van der Waals surface area contributed by atoms with Gasteiger partial charge in [0.05, 0.1) is 25.4 Å². The maximum absolute atomic E-state index is 12.1. The third-order valence-electron chi connectivity index (χ3n) is 5.15. The van der Waals surface area contributed by atoms with Crippen LogP contribution < -0.4 is 14.8 Å². The molecule has 6 nitrogen and oxygen atoms in total. The highest BCUT2D eigenvalue weighted by Gasteiger charge is 2.29. The SMILES string of the molecule is CCCCCCCCCCOc1cc2c(cc1OCC)NC=C(C(=O)OCC)[C@H]2O. The third kappa shape index (κ3) is 6.94. The van der Waals surface area contributed by atoms with E-state index in [9.17, 15) is 9.90 Å². The Kier molecular flexibility index (Phi) is 10.6. The van der Waals surface area contributed by atoms with Crippen molar-refractivity contribution in [1.29, 1.82) is 0 Å². The lowest BCUT2D eigenvalue weighted by atomic mass is 9.97. The van der Waals surface area contributed by atoms with Crippen LogP contribution in [0.25, 0.3) is 0 Å². The number of rotatable bonds is 14. The van der Waals surface area contributed by atoms with Crippen LogP contribution in [0.15, 0.2) is 23.9 Å². The predicted octanol–water partition coefficient (Wildman–Crippen LogP) is 5.51. The van der Waals surface area contributed by atoms with Crippen molar-refractivity contribution < 1.29 is 24.1 Å². The molecule has 1 atom stereocenters. The predicted molar refractivity (Wildman–Crippen MR) is 119 cm³/mol. The molecule has 2 rings (SSSR count). The second-order valence-corrected chi connectivity index (χ2v) is 7.51. The minimum Gasteiger partial charge on any atom is -0.490 e. The molecule has 2 N–H and O–H groups in total. The average Bonchev–Trinajstić information content (AvgIpc) is 2.73. The first-order valence-corrected chi connectivity index (χ1v) is 11.4. The number of fused-ring (bicyclic) bond motifs is 1. The summed E-state index contributed by atoms with van der Waals surface area (Å²) in [7, 11) is 0. The van der Waals surface area contributed by atoms with E-state index in [2.05, 4.69) is 12.2 Å². The van der Waals surface area contributed by atoms with Gasteiger partial charge in [-0.25, -0.2) is 4.79 Å². The van der Waals surface area contributed by atoms with Gasteiger partial charge in [-0.05, 0) is 26.3 Å². The average molecular weight is 420 g/mol. The summed E-state index contributed by atoms with van der Waals surface area (Å²) < 4.78 is 16.7. The van der Waals surface area contributed by atoms with Crippen molar-refractivity contribution in [3.8, 4) is 11.5 Å². The molecule has 0 radical (unpaired) electrons. The molecule has 30 heavy (non-hydrogen) atoms. The van der Waals surface area contributed by atoms with Crippen LogP contribution in [0.3, 0.4) is 0 Å². The Morgan fingerprint density at radius 3 is 2.27 bits per heavy atom. The van der Waals surface area contributed by atoms with Gasteiger partial charge in [0.25, 0.3) is 0 Å². The molecule has 0 aliphatic carbocycles. The van der Waals surface area contributed by atoms with Crippen LogP contribution in [0.5, 0.6) is 11.5 Å². The summed E-state index contributed by atoms with van der Waals surface area (Å²) >= 11 is 0. The topological polar surface area (TPSA) is 77.0 Å². The molecule has 1 aromatic rings. The van der Waals surface area contributed by atoms with E-state index in [1.54, 1.807) is 13.0 Å². The van der Waals surface area contributed by atoms with Gasteiger partial charge < -0.3 is 24.6 Å². The minimum atomic E-state index is -1.07. The molecule has 0 amide bonds. The quantitative estimate of drug-likeness (QED) is 0.306. The highest BCUT2D eigenvalue weighted by atomic mass is 16.5. The number of carbonyl (C=O) groups excluding carboxylic acids is 1. The molecule has 1 aromatic carbocycles. The Balaban J connectivity index is 1.95. The molecule has 0 saturated heterocycles. The summed E-state index contributed by atoms with van der Waals surface area (Å²) in [6.45, 7) is 7.25. The van der Waals surface area contributed by atoms with Crippen LogP contribution in [-0.2, 0) is 9.53 Å². The first-order chi connectivity index (χ1) is 14.6. The molecule has 0 aromatic heterocycles. The molecule has 1 aliphatic rings. The summed E-state index contributed by atoms with van der Waals surface area (Å²) in [5.41, 5.74) is 1.45. The number of aliphatic hydroxyl groups excluding tert-OH is 1. The number of anilines is 1. The number of hydrogen-bond acceptors (Lipinski definition) is 6. The number of carbonyl (C=O) groups is 1. The Hall–Kier alpha value is -2.21. The van der Waals surface area contributed by atoms with Crippen molar-refractivity contribution in [1.82, 2.24) is 0 Å². The van der Waals surface area contributed by atoms with E-state index in [0.29, 0.717) is 36.0 Å². The van der Waals surface area contributed by atoms with Gasteiger partial charge >= 0.3 is 5.97 Å². The summed E-state index contributed by atoms with van der Waals surface area (Å²) in [5.74, 6) is 0.687. The van der Waals surface area contributed by atoms with E-state index >= 15 is 0 Å². The molecule has 6 heteroatoms. The molecule has 0 fully saturated rings. The second kappa shape index (κ2) is 13.2. The molecule has 168 valence electrons. The Bertz CT molecular complexity index is 701. The van der Waals surface area contributed by atoms with Crippen molar-refractivity contribution in [2.24, 2.45) is 0 Å². The van der Waals surface area contributed by atoms with Crippen LogP contribution in [0, 0.1) is 0 Å². The number of benzene rings is 1. The van der Waals surface area contributed by atoms with Gasteiger partial charge in [0.1, 0.15) is 6.10 Å². The molecule has 0 saturated carbocycles.